The van der Waals surface area contributed by atoms with Gasteiger partial charge in [-0.15, -0.1) is 0 Å². The molecule has 0 saturated carbocycles. The molecule has 2 N–H and O–H groups in total. The fraction of sp³-hybridized carbons (Fsp3) is 0.312. The molecule has 2 heterocycles. The van der Waals surface area contributed by atoms with Crippen molar-refractivity contribution in [2.45, 2.75) is 32.9 Å². The molecule has 0 spiro atoms. The van der Waals surface area contributed by atoms with Gasteiger partial charge in [0.25, 0.3) is 5.91 Å². The van der Waals surface area contributed by atoms with Gasteiger partial charge in [0.2, 0.25) is 0 Å². The molecule has 2 aromatic heterocycles. The van der Waals surface area contributed by atoms with E-state index < -0.39 is 0 Å². The molecule has 110 valence electrons. The molecule has 0 radical (unpaired) electrons. The summed E-state index contributed by atoms with van der Waals surface area (Å²) in [5, 5.41) is 6.16. The van der Waals surface area contributed by atoms with Crippen molar-refractivity contribution < 1.29 is 4.79 Å². The monoisotopic (exact) mass is 284 g/mol. The Morgan fingerprint density at radius 3 is 2.48 bits per heavy atom. The molecule has 21 heavy (non-hydrogen) atoms. The van der Waals surface area contributed by atoms with Gasteiger partial charge in [0, 0.05) is 24.6 Å². The Bertz CT molecular complexity index is 598. The van der Waals surface area contributed by atoms with Crippen LogP contribution >= 0.6 is 0 Å². The van der Waals surface area contributed by atoms with E-state index in [-0.39, 0.29) is 18.0 Å². The molecule has 1 atom stereocenters. The minimum absolute atomic E-state index is 0.0902. The molecule has 0 aliphatic carbocycles. The van der Waals surface area contributed by atoms with Crippen LogP contribution in [0.1, 0.15) is 42.7 Å². The first-order chi connectivity index (χ1) is 10.1. The zero-order valence-corrected chi connectivity index (χ0v) is 12.5. The predicted molar refractivity (Wildman–Crippen MR) is 83.1 cm³/mol. The summed E-state index contributed by atoms with van der Waals surface area (Å²) in [6, 6.07) is 7.43. The van der Waals surface area contributed by atoms with Crippen molar-refractivity contribution in [3.63, 3.8) is 0 Å². The predicted octanol–water partition coefficient (Wildman–Crippen LogP) is 2.79. The highest BCUT2D eigenvalue weighted by Crippen LogP contribution is 2.16. The van der Waals surface area contributed by atoms with Gasteiger partial charge < -0.3 is 10.6 Å². The lowest BCUT2D eigenvalue weighted by Crippen LogP contribution is -2.28. The van der Waals surface area contributed by atoms with E-state index in [1.54, 1.807) is 30.7 Å². The van der Waals surface area contributed by atoms with E-state index in [9.17, 15) is 4.79 Å². The van der Waals surface area contributed by atoms with E-state index in [4.69, 9.17) is 0 Å². The van der Waals surface area contributed by atoms with Crippen LogP contribution in [0.25, 0.3) is 0 Å². The molecule has 0 bridgehead atoms. The highest BCUT2D eigenvalue weighted by atomic mass is 16.1. The van der Waals surface area contributed by atoms with Crippen LogP contribution in [0.15, 0.2) is 42.9 Å². The van der Waals surface area contributed by atoms with E-state index in [1.807, 2.05) is 32.9 Å². The molecule has 5 nitrogen and oxygen atoms in total. The number of nitrogens with zero attached hydrogens (tertiary/aromatic N) is 2. The quantitative estimate of drug-likeness (QED) is 0.886. The van der Waals surface area contributed by atoms with Crippen LogP contribution in [0.2, 0.25) is 0 Å². The first-order valence-electron chi connectivity index (χ1n) is 7.00. The first-order valence-corrected chi connectivity index (χ1v) is 7.00. The third-order valence-corrected chi connectivity index (χ3v) is 3.03. The molecule has 0 aliphatic heterocycles. The number of nitrogens with one attached hydrogen (secondary N) is 2. The molecule has 0 aromatic carbocycles. The average molecular weight is 284 g/mol. The van der Waals surface area contributed by atoms with E-state index >= 15 is 0 Å². The number of carbonyl (C=O) groups excluding carboxylic acids is 1. The molecule has 1 amide bonds. The Morgan fingerprint density at radius 1 is 1.10 bits per heavy atom. The normalized spacial score (nSPS) is 12.0. The Kier molecular flexibility index (Phi) is 4.87. The van der Waals surface area contributed by atoms with Gasteiger partial charge in [-0.05, 0) is 50.6 Å². The highest BCUT2D eigenvalue weighted by molar-refractivity contribution is 5.98. The first kappa shape index (κ1) is 15.0. The summed E-state index contributed by atoms with van der Waals surface area (Å²) in [6.45, 7) is 5.96. The third-order valence-electron chi connectivity index (χ3n) is 3.03. The maximum atomic E-state index is 12.4. The molecule has 2 aromatic rings. The maximum absolute atomic E-state index is 12.4. The van der Waals surface area contributed by atoms with E-state index in [1.165, 1.54) is 0 Å². The summed E-state index contributed by atoms with van der Waals surface area (Å²) >= 11 is 0. The van der Waals surface area contributed by atoms with E-state index in [0.717, 1.165) is 5.56 Å². The lowest BCUT2D eigenvalue weighted by Gasteiger charge is -2.17. The largest absolute Gasteiger partial charge is 0.367 e. The fourth-order valence-corrected chi connectivity index (χ4v) is 1.99. The number of pyridine rings is 2. The zero-order chi connectivity index (χ0) is 15.2. The number of anilines is 1. The highest BCUT2D eigenvalue weighted by Gasteiger charge is 2.15. The van der Waals surface area contributed by atoms with Crippen LogP contribution in [0.3, 0.4) is 0 Å². The number of hydrogen-bond donors (Lipinski definition) is 2. The standard InChI is InChI=1S/C16H20N4O/c1-11(2)19-15-14(5-4-8-18-15)16(21)20-12(3)13-6-9-17-10-7-13/h4-12H,1-3H3,(H,18,19)(H,20,21). The van der Waals surface area contributed by atoms with Gasteiger partial charge in [0.15, 0.2) is 0 Å². The topological polar surface area (TPSA) is 66.9 Å². The van der Waals surface area contributed by atoms with Gasteiger partial charge in [-0.3, -0.25) is 9.78 Å². The molecular weight excluding hydrogens is 264 g/mol. The maximum Gasteiger partial charge on any atom is 0.255 e. The summed E-state index contributed by atoms with van der Waals surface area (Å²) in [7, 11) is 0. The molecule has 0 aliphatic rings. The summed E-state index contributed by atoms with van der Waals surface area (Å²) in [4.78, 5) is 20.6. The lowest BCUT2D eigenvalue weighted by molar-refractivity contribution is 0.0940. The second-order valence-electron chi connectivity index (χ2n) is 5.17. The lowest BCUT2D eigenvalue weighted by atomic mass is 10.1. The van der Waals surface area contributed by atoms with Crippen molar-refractivity contribution in [1.82, 2.24) is 15.3 Å². The average Bonchev–Trinajstić information content (AvgIpc) is 2.48. The number of aromatic nitrogens is 2. The van der Waals surface area contributed by atoms with Crippen molar-refractivity contribution >= 4 is 11.7 Å². The number of carbonyl (C=O) groups is 1. The molecule has 2 rings (SSSR count). The fourth-order valence-electron chi connectivity index (χ4n) is 1.99. The number of hydrogen-bond acceptors (Lipinski definition) is 4. The summed E-state index contributed by atoms with van der Waals surface area (Å²) in [5.74, 6) is 0.461. The van der Waals surface area contributed by atoms with E-state index in [0.29, 0.717) is 11.4 Å². The summed E-state index contributed by atoms with van der Waals surface area (Å²) < 4.78 is 0. The van der Waals surface area contributed by atoms with Gasteiger partial charge in [0.05, 0.1) is 11.6 Å². The Morgan fingerprint density at radius 2 is 1.81 bits per heavy atom. The van der Waals surface area contributed by atoms with Crippen molar-refractivity contribution in [2.75, 3.05) is 5.32 Å². The second-order valence-corrected chi connectivity index (χ2v) is 5.17. The second kappa shape index (κ2) is 6.83. The molecule has 1 unspecified atom stereocenters. The zero-order valence-electron chi connectivity index (χ0n) is 12.5. The minimum atomic E-state index is -0.143. The van der Waals surface area contributed by atoms with Gasteiger partial charge in [-0.25, -0.2) is 4.98 Å². The van der Waals surface area contributed by atoms with Crippen molar-refractivity contribution in [3.8, 4) is 0 Å². The van der Waals surface area contributed by atoms with Crippen LogP contribution < -0.4 is 10.6 Å². The SMILES string of the molecule is CC(C)Nc1ncccc1C(=O)NC(C)c1ccncc1. The van der Waals surface area contributed by atoms with Gasteiger partial charge in [0.1, 0.15) is 5.82 Å². The van der Waals surface area contributed by atoms with Crippen LogP contribution in [-0.2, 0) is 0 Å². The van der Waals surface area contributed by atoms with Crippen LogP contribution in [0.5, 0.6) is 0 Å². The van der Waals surface area contributed by atoms with Crippen molar-refractivity contribution in [1.29, 1.82) is 0 Å². The Balaban J connectivity index is 2.14. The Labute approximate surface area is 124 Å². The minimum Gasteiger partial charge on any atom is -0.367 e. The van der Waals surface area contributed by atoms with E-state index in [2.05, 4.69) is 20.6 Å². The molecule has 0 fully saturated rings. The summed E-state index contributed by atoms with van der Waals surface area (Å²) in [6.07, 6.45) is 5.11. The molecular formula is C16H20N4O. The van der Waals surface area contributed by atoms with Crippen molar-refractivity contribution in [3.05, 3.63) is 54.0 Å². The van der Waals surface area contributed by atoms with Gasteiger partial charge in [-0.1, -0.05) is 0 Å². The molecule has 0 saturated heterocycles. The smallest absolute Gasteiger partial charge is 0.255 e. The van der Waals surface area contributed by atoms with Crippen LogP contribution in [-0.4, -0.2) is 21.9 Å². The third kappa shape index (κ3) is 4.02. The number of amides is 1. The van der Waals surface area contributed by atoms with Crippen LogP contribution in [0.4, 0.5) is 5.82 Å². The van der Waals surface area contributed by atoms with Crippen molar-refractivity contribution in [2.24, 2.45) is 0 Å². The van der Waals surface area contributed by atoms with Crippen LogP contribution in [0, 0.1) is 0 Å². The summed E-state index contributed by atoms with van der Waals surface area (Å²) in [5.41, 5.74) is 1.56. The van der Waals surface area contributed by atoms with Gasteiger partial charge in [-0.2, -0.15) is 0 Å². The number of rotatable bonds is 5. The van der Waals surface area contributed by atoms with Gasteiger partial charge >= 0.3 is 0 Å². The Hall–Kier alpha value is -2.43. The molecule has 5 heteroatoms.